The van der Waals surface area contributed by atoms with Crippen molar-refractivity contribution in [3.05, 3.63) is 29.3 Å². The molecule has 0 atom stereocenters. The van der Waals surface area contributed by atoms with E-state index in [9.17, 15) is 9.59 Å². The molecule has 3 aliphatic heterocycles. The summed E-state index contributed by atoms with van der Waals surface area (Å²) in [5.41, 5.74) is 1.70. The van der Waals surface area contributed by atoms with Crippen LogP contribution in [0, 0.1) is 0 Å². The first-order valence-corrected chi connectivity index (χ1v) is 8.37. The van der Waals surface area contributed by atoms with Gasteiger partial charge in [0.25, 0.3) is 0 Å². The number of ketones is 1. The maximum atomic E-state index is 12.3. The highest BCUT2D eigenvalue weighted by molar-refractivity contribution is 6.23. The van der Waals surface area contributed by atoms with Gasteiger partial charge in [0.1, 0.15) is 23.8 Å². The first-order chi connectivity index (χ1) is 11.8. The van der Waals surface area contributed by atoms with Crippen LogP contribution in [-0.4, -0.2) is 65.1 Å². The van der Waals surface area contributed by atoms with E-state index in [2.05, 4.69) is 9.98 Å². The number of amides is 1. The molecule has 4 rings (SSSR count). The molecule has 0 aromatic heterocycles. The minimum atomic E-state index is -0.530. The lowest BCUT2D eigenvalue weighted by Crippen LogP contribution is -2.56. The van der Waals surface area contributed by atoms with Crippen molar-refractivity contribution < 1.29 is 14.3 Å². The molecular weight excluding hydrogens is 320 g/mol. The van der Waals surface area contributed by atoms with E-state index in [1.165, 1.54) is 0 Å². The summed E-state index contributed by atoms with van der Waals surface area (Å²) in [6.07, 6.45) is -0.338. The van der Waals surface area contributed by atoms with E-state index >= 15 is 0 Å². The van der Waals surface area contributed by atoms with Crippen LogP contribution in [0.4, 0.5) is 10.5 Å². The van der Waals surface area contributed by atoms with Gasteiger partial charge in [0, 0.05) is 18.7 Å². The average molecular weight is 340 g/mol. The lowest BCUT2D eigenvalue weighted by molar-refractivity contribution is 0.0255. The van der Waals surface area contributed by atoms with Crippen LogP contribution in [0.3, 0.4) is 0 Å². The van der Waals surface area contributed by atoms with Crippen LogP contribution >= 0.6 is 0 Å². The highest BCUT2D eigenvalue weighted by Gasteiger charge is 2.37. The topological polar surface area (TPSA) is 74.6 Å². The molecule has 7 heteroatoms. The van der Waals surface area contributed by atoms with Crippen molar-refractivity contribution in [2.45, 2.75) is 26.4 Å². The molecule has 0 bridgehead atoms. The molecular formula is C18H20N4O3. The summed E-state index contributed by atoms with van der Waals surface area (Å²) < 4.78 is 5.46. The number of Topliss-reactive ketones (excluding diaryl/α,β-unsaturated/α-hetero) is 1. The number of hydrogen-bond donors (Lipinski definition) is 0. The zero-order chi connectivity index (χ0) is 17.8. The number of aliphatic imine (C=N–C) groups is 2. The Bertz CT molecular complexity index is 835. The van der Waals surface area contributed by atoms with E-state index in [0.29, 0.717) is 25.2 Å². The lowest BCUT2D eigenvalue weighted by Gasteiger charge is -2.41. The lowest BCUT2D eigenvalue weighted by atomic mass is 9.96. The summed E-state index contributed by atoms with van der Waals surface area (Å²) in [7, 11) is 0. The molecule has 0 spiro atoms. The number of fused-ring (bicyclic) bond motifs is 2. The number of amidine groups is 2. The van der Waals surface area contributed by atoms with Crippen molar-refractivity contribution in [2.24, 2.45) is 9.98 Å². The maximum Gasteiger partial charge on any atom is 0.410 e. The van der Waals surface area contributed by atoms with Gasteiger partial charge in [-0.15, -0.1) is 0 Å². The third-order valence-electron chi connectivity index (χ3n) is 4.33. The molecule has 7 nitrogen and oxygen atoms in total. The first-order valence-electron chi connectivity index (χ1n) is 8.37. The van der Waals surface area contributed by atoms with Crippen molar-refractivity contribution in [3.8, 4) is 0 Å². The quantitative estimate of drug-likeness (QED) is 0.726. The fraction of sp³-hybridized carbons (Fsp3) is 0.444. The highest BCUT2D eigenvalue weighted by atomic mass is 16.6. The summed E-state index contributed by atoms with van der Waals surface area (Å²) in [5.74, 6) is 1.57. The van der Waals surface area contributed by atoms with Crippen molar-refractivity contribution in [3.63, 3.8) is 0 Å². The number of nitrogens with zero attached hydrogens (tertiary/aromatic N) is 4. The van der Waals surface area contributed by atoms with Gasteiger partial charge in [-0.3, -0.25) is 14.7 Å². The van der Waals surface area contributed by atoms with Gasteiger partial charge < -0.3 is 9.64 Å². The first kappa shape index (κ1) is 15.8. The van der Waals surface area contributed by atoms with E-state index < -0.39 is 5.60 Å². The van der Waals surface area contributed by atoms with E-state index in [1.54, 1.807) is 4.90 Å². The normalized spacial score (nSPS) is 18.9. The van der Waals surface area contributed by atoms with E-state index in [-0.39, 0.29) is 18.4 Å². The van der Waals surface area contributed by atoms with Gasteiger partial charge in [-0.2, -0.15) is 0 Å². The van der Waals surface area contributed by atoms with E-state index in [4.69, 9.17) is 4.74 Å². The molecule has 0 N–H and O–H groups in total. The van der Waals surface area contributed by atoms with Crippen LogP contribution in [0.5, 0.6) is 0 Å². The molecule has 1 saturated heterocycles. The second kappa shape index (κ2) is 5.40. The smallest absolute Gasteiger partial charge is 0.410 e. The third-order valence-corrected chi connectivity index (χ3v) is 4.33. The maximum absolute atomic E-state index is 12.3. The highest BCUT2D eigenvalue weighted by Crippen LogP contribution is 2.33. The Morgan fingerprint density at radius 1 is 1.24 bits per heavy atom. The Kier molecular flexibility index (Phi) is 3.42. The Labute approximate surface area is 146 Å². The molecule has 130 valence electrons. The molecule has 1 aromatic rings. The number of rotatable bonds is 0. The summed E-state index contributed by atoms with van der Waals surface area (Å²) in [4.78, 5) is 37.3. The standard InChI is InChI=1S/C18H20N4O3/c1-18(2,3)25-17(24)21-7-8-22-14(10-21)20-12-6-4-5-11-13(23)9-19-16(22)15(11)12/h4-6H,7-10H2,1-3H3. The number of hydrogen-bond acceptors (Lipinski definition) is 6. The number of benzene rings is 1. The molecule has 3 aliphatic rings. The van der Waals surface area contributed by atoms with Crippen molar-refractivity contribution in [2.75, 3.05) is 26.2 Å². The Balaban J connectivity index is 1.67. The zero-order valence-electron chi connectivity index (χ0n) is 14.6. The van der Waals surface area contributed by atoms with Crippen molar-refractivity contribution in [1.29, 1.82) is 0 Å². The summed E-state index contributed by atoms with van der Waals surface area (Å²) >= 11 is 0. The molecule has 1 amide bonds. The van der Waals surface area contributed by atoms with Crippen LogP contribution in [0.2, 0.25) is 0 Å². The zero-order valence-corrected chi connectivity index (χ0v) is 14.6. The fourth-order valence-corrected chi connectivity index (χ4v) is 3.26. The predicted molar refractivity (Wildman–Crippen MR) is 93.8 cm³/mol. The fourth-order valence-electron chi connectivity index (χ4n) is 3.26. The number of piperazine rings is 1. The molecule has 0 unspecified atom stereocenters. The van der Waals surface area contributed by atoms with Gasteiger partial charge in [0.2, 0.25) is 0 Å². The molecule has 1 aromatic carbocycles. The molecule has 25 heavy (non-hydrogen) atoms. The second-order valence-electron chi connectivity index (χ2n) is 7.34. The van der Waals surface area contributed by atoms with Crippen LogP contribution in [0.1, 0.15) is 36.7 Å². The van der Waals surface area contributed by atoms with Crippen LogP contribution in [-0.2, 0) is 4.74 Å². The minimum Gasteiger partial charge on any atom is -0.444 e. The van der Waals surface area contributed by atoms with Gasteiger partial charge in [0.05, 0.1) is 17.8 Å². The molecule has 3 heterocycles. The van der Waals surface area contributed by atoms with Crippen molar-refractivity contribution in [1.82, 2.24) is 9.80 Å². The van der Waals surface area contributed by atoms with Gasteiger partial charge in [-0.25, -0.2) is 9.79 Å². The summed E-state index contributed by atoms with van der Waals surface area (Å²) in [6, 6.07) is 5.54. The molecule has 0 radical (unpaired) electrons. The van der Waals surface area contributed by atoms with Crippen LogP contribution in [0.15, 0.2) is 28.2 Å². The van der Waals surface area contributed by atoms with Gasteiger partial charge in [0.15, 0.2) is 5.78 Å². The molecule has 0 saturated carbocycles. The van der Waals surface area contributed by atoms with Crippen molar-refractivity contribution >= 4 is 29.2 Å². The van der Waals surface area contributed by atoms with Gasteiger partial charge >= 0.3 is 6.09 Å². The molecule has 1 fully saturated rings. The Hall–Kier alpha value is -2.70. The largest absolute Gasteiger partial charge is 0.444 e. The van der Waals surface area contributed by atoms with Gasteiger partial charge in [-0.1, -0.05) is 12.1 Å². The number of carbonyl (C=O) groups is 2. The summed E-state index contributed by atoms with van der Waals surface area (Å²) in [6.45, 7) is 7.19. The van der Waals surface area contributed by atoms with E-state index in [0.717, 1.165) is 22.9 Å². The Morgan fingerprint density at radius 2 is 2.04 bits per heavy atom. The third kappa shape index (κ3) is 2.69. The molecule has 0 aliphatic carbocycles. The second-order valence-corrected chi connectivity index (χ2v) is 7.34. The van der Waals surface area contributed by atoms with Crippen LogP contribution in [0.25, 0.3) is 0 Å². The monoisotopic (exact) mass is 340 g/mol. The predicted octanol–water partition coefficient (Wildman–Crippen LogP) is 2.23. The number of carbonyl (C=O) groups excluding carboxylic acids is 2. The number of ether oxygens (including phenoxy) is 1. The minimum absolute atomic E-state index is 0.0200. The van der Waals surface area contributed by atoms with Crippen LogP contribution < -0.4 is 0 Å². The van der Waals surface area contributed by atoms with E-state index in [1.807, 2.05) is 43.9 Å². The Morgan fingerprint density at radius 3 is 2.80 bits per heavy atom. The SMILES string of the molecule is CC(C)(C)OC(=O)N1CCN2C(=Nc3cccc4c3C2=NCC4=O)C1. The summed E-state index contributed by atoms with van der Waals surface area (Å²) in [5, 5.41) is 0. The average Bonchev–Trinajstić information content (AvgIpc) is 2.55. The van der Waals surface area contributed by atoms with Gasteiger partial charge in [-0.05, 0) is 26.8 Å².